The third-order valence-electron chi connectivity index (χ3n) is 3.13. The molecule has 0 spiro atoms. The first kappa shape index (κ1) is 14.4. The van der Waals surface area contributed by atoms with Gasteiger partial charge in [-0.1, -0.05) is 24.0 Å². The summed E-state index contributed by atoms with van der Waals surface area (Å²) in [5, 5.41) is 10.6. The van der Waals surface area contributed by atoms with Crippen LogP contribution < -0.4 is 11.1 Å². The van der Waals surface area contributed by atoms with E-state index in [1.807, 2.05) is 13.0 Å². The molecule has 2 aromatic rings. The van der Waals surface area contributed by atoms with E-state index in [0.29, 0.717) is 22.5 Å². The first-order valence-corrected chi connectivity index (χ1v) is 6.38. The molecule has 0 unspecified atom stereocenters. The summed E-state index contributed by atoms with van der Waals surface area (Å²) in [7, 11) is 1.74. The molecule has 21 heavy (non-hydrogen) atoms. The van der Waals surface area contributed by atoms with Gasteiger partial charge < -0.3 is 16.0 Å². The van der Waals surface area contributed by atoms with Crippen molar-refractivity contribution in [2.45, 2.75) is 6.92 Å². The molecule has 0 saturated carbocycles. The molecule has 5 N–H and O–H groups in total. The first-order valence-electron chi connectivity index (χ1n) is 6.38. The van der Waals surface area contributed by atoms with Crippen molar-refractivity contribution < 1.29 is 4.79 Å². The number of aldehydes is 1. The van der Waals surface area contributed by atoms with E-state index in [1.165, 1.54) is 0 Å². The summed E-state index contributed by atoms with van der Waals surface area (Å²) in [4.78, 5) is 13.8. The molecule has 0 atom stereocenters. The highest BCUT2D eigenvalue weighted by Gasteiger charge is 2.11. The Kier molecular flexibility index (Phi) is 4.10. The zero-order chi connectivity index (χ0) is 15.4. The standard InChI is InChI=1S/C16H16N4O/c1-10-3-4-11(9-21)7-12(10)5-6-13-8-20-16(19-2)14(13)15(17)18/h3-4,7-9,19-20H,1-2H3,(H3,17,18). The summed E-state index contributed by atoms with van der Waals surface area (Å²) in [5.41, 5.74) is 9.13. The van der Waals surface area contributed by atoms with Crippen LogP contribution >= 0.6 is 0 Å². The Labute approximate surface area is 123 Å². The Morgan fingerprint density at radius 1 is 1.38 bits per heavy atom. The van der Waals surface area contributed by atoms with Crippen LogP contribution in [0, 0.1) is 24.2 Å². The third-order valence-corrected chi connectivity index (χ3v) is 3.13. The first-order chi connectivity index (χ1) is 10.1. The number of carbonyl (C=O) groups is 1. The second kappa shape index (κ2) is 5.97. The molecular formula is C16H16N4O. The van der Waals surface area contributed by atoms with Gasteiger partial charge in [-0.3, -0.25) is 10.2 Å². The highest BCUT2D eigenvalue weighted by molar-refractivity contribution is 6.02. The van der Waals surface area contributed by atoms with E-state index in [1.54, 1.807) is 25.4 Å². The number of aryl methyl sites for hydroxylation is 1. The van der Waals surface area contributed by atoms with Crippen LogP contribution in [0.1, 0.15) is 32.6 Å². The van der Waals surface area contributed by atoms with Crippen LogP contribution in [0.25, 0.3) is 0 Å². The van der Waals surface area contributed by atoms with Crippen molar-refractivity contribution in [1.29, 1.82) is 5.41 Å². The number of nitrogens with one attached hydrogen (secondary N) is 3. The SMILES string of the molecule is CNc1[nH]cc(C#Cc2cc(C=O)ccc2C)c1C(=N)N. The summed E-state index contributed by atoms with van der Waals surface area (Å²) < 4.78 is 0. The van der Waals surface area contributed by atoms with Crippen LogP contribution in [0.4, 0.5) is 5.82 Å². The third kappa shape index (κ3) is 2.95. The van der Waals surface area contributed by atoms with Crippen molar-refractivity contribution in [3.63, 3.8) is 0 Å². The van der Waals surface area contributed by atoms with Gasteiger partial charge in [0.25, 0.3) is 0 Å². The molecule has 0 aliphatic carbocycles. The van der Waals surface area contributed by atoms with Crippen LogP contribution in [0.3, 0.4) is 0 Å². The maximum atomic E-state index is 10.8. The van der Waals surface area contributed by atoms with E-state index < -0.39 is 0 Å². The smallest absolute Gasteiger partial charge is 0.150 e. The summed E-state index contributed by atoms with van der Waals surface area (Å²) in [6.07, 6.45) is 2.50. The lowest BCUT2D eigenvalue weighted by Crippen LogP contribution is -2.13. The number of benzene rings is 1. The zero-order valence-electron chi connectivity index (χ0n) is 11.9. The molecule has 2 rings (SSSR count). The van der Waals surface area contributed by atoms with Crippen molar-refractivity contribution in [1.82, 2.24) is 4.98 Å². The number of anilines is 1. The lowest BCUT2D eigenvalue weighted by atomic mass is 10.1. The van der Waals surface area contributed by atoms with Gasteiger partial charge in [-0.15, -0.1) is 0 Å². The Bertz CT molecular complexity index is 762. The van der Waals surface area contributed by atoms with E-state index >= 15 is 0 Å². The highest BCUT2D eigenvalue weighted by atomic mass is 16.1. The highest BCUT2D eigenvalue weighted by Crippen LogP contribution is 2.17. The number of rotatable bonds is 3. The molecule has 0 aliphatic rings. The summed E-state index contributed by atoms with van der Waals surface area (Å²) in [5.74, 6) is 6.63. The van der Waals surface area contributed by atoms with Gasteiger partial charge in [0, 0.05) is 24.4 Å². The number of H-pyrrole nitrogens is 1. The zero-order valence-corrected chi connectivity index (χ0v) is 11.9. The van der Waals surface area contributed by atoms with E-state index in [9.17, 15) is 4.79 Å². The van der Waals surface area contributed by atoms with Gasteiger partial charge >= 0.3 is 0 Å². The Morgan fingerprint density at radius 3 is 2.71 bits per heavy atom. The topological polar surface area (TPSA) is 94.8 Å². The van der Waals surface area contributed by atoms with Crippen molar-refractivity contribution in [2.24, 2.45) is 5.73 Å². The Balaban J connectivity index is 2.47. The molecule has 106 valence electrons. The fraction of sp³-hybridized carbons (Fsp3) is 0.125. The van der Waals surface area contributed by atoms with Crippen LogP contribution in [0.2, 0.25) is 0 Å². The van der Waals surface area contributed by atoms with E-state index in [0.717, 1.165) is 17.4 Å². The van der Waals surface area contributed by atoms with Gasteiger partial charge in [-0.25, -0.2) is 0 Å². The van der Waals surface area contributed by atoms with Crippen LogP contribution in [-0.4, -0.2) is 24.2 Å². The van der Waals surface area contributed by atoms with Crippen molar-refractivity contribution in [2.75, 3.05) is 12.4 Å². The van der Waals surface area contributed by atoms with Gasteiger partial charge in [0.15, 0.2) is 0 Å². The fourth-order valence-corrected chi connectivity index (χ4v) is 1.98. The van der Waals surface area contributed by atoms with Crippen LogP contribution in [0.5, 0.6) is 0 Å². The lowest BCUT2D eigenvalue weighted by Gasteiger charge is -2.01. The molecular weight excluding hydrogens is 264 g/mol. The Morgan fingerprint density at radius 2 is 2.10 bits per heavy atom. The minimum atomic E-state index is -0.0525. The number of hydrogen-bond acceptors (Lipinski definition) is 3. The molecule has 1 aromatic heterocycles. The van der Waals surface area contributed by atoms with E-state index in [4.69, 9.17) is 11.1 Å². The van der Waals surface area contributed by atoms with Crippen molar-refractivity contribution in [3.05, 3.63) is 52.2 Å². The van der Waals surface area contributed by atoms with Crippen molar-refractivity contribution >= 4 is 17.9 Å². The molecule has 5 heteroatoms. The van der Waals surface area contributed by atoms with E-state index in [-0.39, 0.29) is 5.84 Å². The quantitative estimate of drug-likeness (QED) is 0.299. The number of aromatic amines is 1. The largest absolute Gasteiger partial charge is 0.384 e. The van der Waals surface area contributed by atoms with Gasteiger partial charge in [-0.2, -0.15) is 0 Å². The van der Waals surface area contributed by atoms with Crippen molar-refractivity contribution in [3.8, 4) is 11.8 Å². The van der Waals surface area contributed by atoms with Gasteiger partial charge in [0.2, 0.25) is 0 Å². The Hall–Kier alpha value is -3.00. The maximum absolute atomic E-state index is 10.8. The number of nitrogen functional groups attached to an aromatic ring is 1. The van der Waals surface area contributed by atoms with Gasteiger partial charge in [0.05, 0.1) is 11.1 Å². The molecule has 0 fully saturated rings. The monoisotopic (exact) mass is 280 g/mol. The van der Waals surface area contributed by atoms with Crippen LogP contribution in [-0.2, 0) is 0 Å². The normalized spacial score (nSPS) is 9.62. The fourth-order valence-electron chi connectivity index (χ4n) is 1.98. The molecule has 0 radical (unpaired) electrons. The maximum Gasteiger partial charge on any atom is 0.150 e. The average Bonchev–Trinajstić information content (AvgIpc) is 2.89. The average molecular weight is 280 g/mol. The molecule has 1 heterocycles. The molecule has 0 bridgehead atoms. The number of amidine groups is 1. The molecule has 0 aliphatic heterocycles. The second-order valence-corrected chi connectivity index (χ2v) is 4.56. The lowest BCUT2D eigenvalue weighted by molar-refractivity contribution is 0.112. The minimum absolute atomic E-state index is 0.0525. The van der Waals surface area contributed by atoms with Crippen LogP contribution in [0.15, 0.2) is 24.4 Å². The molecule has 0 saturated heterocycles. The molecule has 5 nitrogen and oxygen atoms in total. The molecule has 0 amide bonds. The number of carbonyl (C=O) groups excluding carboxylic acids is 1. The van der Waals surface area contributed by atoms with Gasteiger partial charge in [-0.05, 0) is 18.6 Å². The predicted molar refractivity (Wildman–Crippen MR) is 83.9 cm³/mol. The minimum Gasteiger partial charge on any atom is -0.384 e. The second-order valence-electron chi connectivity index (χ2n) is 4.56. The van der Waals surface area contributed by atoms with Gasteiger partial charge in [0.1, 0.15) is 17.9 Å². The number of nitrogens with two attached hydrogens (primary N) is 1. The predicted octanol–water partition coefficient (Wildman–Crippen LogP) is 1.86. The summed E-state index contributed by atoms with van der Waals surface area (Å²) in [6, 6.07) is 5.36. The molecule has 1 aromatic carbocycles. The van der Waals surface area contributed by atoms with E-state index in [2.05, 4.69) is 22.1 Å². The summed E-state index contributed by atoms with van der Waals surface area (Å²) >= 11 is 0. The number of hydrogen-bond donors (Lipinski definition) is 4. The number of aromatic nitrogens is 1. The summed E-state index contributed by atoms with van der Waals surface area (Å²) in [6.45, 7) is 1.93.